The normalized spacial score (nSPS) is 14.2. The molecule has 89 heavy (non-hydrogen) atoms. The number of carbonyl (C=O) groups excluding carboxylic acids is 14. The van der Waals surface area contributed by atoms with Crippen molar-refractivity contribution in [3.05, 3.63) is 29.8 Å². The minimum atomic E-state index is -1.87. The van der Waals surface area contributed by atoms with Crippen molar-refractivity contribution in [1.29, 1.82) is 0 Å². The Balaban J connectivity index is 3.41. The molecule has 0 bridgehead atoms. The highest BCUT2D eigenvalue weighted by Gasteiger charge is 2.37. The standard InChI is InChI=1S/C52H84N16O19S2/c1-8-32(61-40(76)19-58-39(75)18-59-44(78)26(4)60-38(74)17-53)45(79)63-34(16-30-11-13-31(73)14-12-30)46(80)65-36(21-88-23-86-28(6)71)49(83)64-35(20-69)47(81)67-41(25(2)3)50(84)68-42(27(5)70)51(85)66-37(22-89-24-87-29(7)72)48(82)62-33(43(54)77)10-9-15-57-52(55)56/h11-14,25-27,32-37,41-42,69-70,73H,8-10,15-24,53H2,1-7H3,(H2,54,77)(H,58,75)(H,59,78)(H,60,74)(H,61,76)(H,62,82)(H,63,79)(H,64,83)(H,65,80)(H,66,85)(H,67,81)(H,68,84)(H4,55,56,57)/t26-,27+,32-,33-,34-,35-,36-,37-,41-,42-/m0/s1. The number of phenolic OH excluding ortho intramolecular Hbond substituents is 1. The molecular formula is C52H84N16O19S2. The molecule has 1 aromatic rings. The van der Waals surface area contributed by atoms with E-state index in [-0.39, 0.29) is 73.9 Å². The minimum absolute atomic E-state index is 0.0265. The van der Waals surface area contributed by atoms with Gasteiger partial charge in [0.25, 0.3) is 0 Å². The van der Waals surface area contributed by atoms with Crippen molar-refractivity contribution in [2.75, 3.05) is 56.2 Å². The number of hydrogen-bond acceptors (Lipinski definition) is 23. The zero-order valence-electron chi connectivity index (χ0n) is 50.3. The fourth-order valence-corrected chi connectivity index (χ4v) is 8.95. The minimum Gasteiger partial charge on any atom is -0.508 e. The zero-order chi connectivity index (χ0) is 67.5. The van der Waals surface area contributed by atoms with Crippen LogP contribution in [-0.4, -0.2) is 221 Å². The second-order valence-corrected chi connectivity index (χ2v) is 21.9. The number of thioether (sulfide) groups is 2. The van der Waals surface area contributed by atoms with E-state index in [1.54, 1.807) is 0 Å². The van der Waals surface area contributed by atoms with Gasteiger partial charge >= 0.3 is 11.9 Å². The van der Waals surface area contributed by atoms with Crippen LogP contribution in [0.5, 0.6) is 5.75 Å². The Labute approximate surface area is 521 Å². The van der Waals surface area contributed by atoms with E-state index in [0.717, 1.165) is 44.3 Å². The molecule has 0 aliphatic rings. The molecule has 1 aromatic carbocycles. The predicted molar refractivity (Wildman–Crippen MR) is 321 cm³/mol. The van der Waals surface area contributed by atoms with Gasteiger partial charge in [-0.25, -0.2) is 0 Å². The number of aliphatic hydroxyl groups excluding tert-OH is 2. The number of esters is 2. The van der Waals surface area contributed by atoms with Gasteiger partial charge in [-0.1, -0.05) is 32.9 Å². The average molecular weight is 1300 g/mol. The molecule has 0 saturated heterocycles. The second-order valence-electron chi connectivity index (χ2n) is 19.9. The Kier molecular flexibility index (Phi) is 36.7. The first-order valence-corrected chi connectivity index (χ1v) is 29.9. The molecule has 37 heteroatoms. The molecule has 0 aliphatic heterocycles. The number of aliphatic hydroxyl groups is 2. The third-order valence-electron chi connectivity index (χ3n) is 12.2. The first-order valence-electron chi connectivity index (χ1n) is 27.6. The van der Waals surface area contributed by atoms with E-state index in [9.17, 15) is 82.4 Å². The molecule has 22 N–H and O–H groups in total. The van der Waals surface area contributed by atoms with Crippen molar-refractivity contribution >= 4 is 112 Å². The number of hydrogen-bond donors (Lipinski definition) is 18. The first kappa shape index (κ1) is 78.5. The maximum Gasteiger partial charge on any atom is 0.303 e. The van der Waals surface area contributed by atoms with Gasteiger partial charge < -0.3 is 106 Å². The molecule has 0 fully saturated rings. The summed E-state index contributed by atoms with van der Waals surface area (Å²) in [7, 11) is 0. The quantitative estimate of drug-likeness (QED) is 0.00952. The summed E-state index contributed by atoms with van der Waals surface area (Å²) in [6.45, 7) is 6.52. The van der Waals surface area contributed by atoms with Crippen molar-refractivity contribution < 1.29 is 91.9 Å². The van der Waals surface area contributed by atoms with Crippen LogP contribution >= 0.6 is 23.5 Å². The van der Waals surface area contributed by atoms with Crippen LogP contribution in [0.15, 0.2) is 29.3 Å². The van der Waals surface area contributed by atoms with Crippen molar-refractivity contribution in [3.63, 3.8) is 0 Å². The number of nitrogens with one attached hydrogen (secondary N) is 11. The van der Waals surface area contributed by atoms with Crippen LogP contribution in [-0.2, 0) is 83.0 Å². The molecule has 35 nitrogen and oxygen atoms in total. The molecule has 0 unspecified atom stereocenters. The molecule has 0 heterocycles. The lowest BCUT2D eigenvalue weighted by molar-refractivity contribution is -0.139. The molecule has 0 spiro atoms. The molecule has 0 saturated carbocycles. The summed E-state index contributed by atoms with van der Waals surface area (Å²) in [5.74, 6) is -15.1. The van der Waals surface area contributed by atoms with Crippen LogP contribution in [0.3, 0.4) is 0 Å². The van der Waals surface area contributed by atoms with E-state index < -0.39 is 169 Å². The Morgan fingerprint density at radius 3 is 1.53 bits per heavy atom. The van der Waals surface area contributed by atoms with Gasteiger partial charge in [0, 0.05) is 38.3 Å². The Morgan fingerprint density at radius 1 is 0.562 bits per heavy atom. The number of carbonyl (C=O) groups is 14. The van der Waals surface area contributed by atoms with Gasteiger partial charge in [-0.2, -0.15) is 0 Å². The van der Waals surface area contributed by atoms with Gasteiger partial charge in [-0.3, -0.25) is 72.1 Å². The van der Waals surface area contributed by atoms with E-state index >= 15 is 0 Å². The van der Waals surface area contributed by atoms with Crippen LogP contribution in [0, 0.1) is 5.92 Å². The van der Waals surface area contributed by atoms with E-state index in [1.165, 1.54) is 52.0 Å². The maximum atomic E-state index is 14.3. The smallest absolute Gasteiger partial charge is 0.303 e. The molecule has 1 rings (SSSR count). The van der Waals surface area contributed by atoms with Gasteiger partial charge in [0.2, 0.25) is 70.9 Å². The Hall–Kier alpha value is -8.55. The summed E-state index contributed by atoms with van der Waals surface area (Å²) in [5.41, 5.74) is 21.8. The topological polar surface area (TPSA) is 567 Å². The number of aliphatic imine (C=N–C) groups is 1. The van der Waals surface area contributed by atoms with Gasteiger partial charge in [0.05, 0.1) is 32.3 Å². The third-order valence-corrected chi connectivity index (χ3v) is 13.9. The van der Waals surface area contributed by atoms with Crippen molar-refractivity contribution in [2.24, 2.45) is 33.8 Å². The zero-order valence-corrected chi connectivity index (χ0v) is 51.9. The Morgan fingerprint density at radius 2 is 1.03 bits per heavy atom. The summed E-state index contributed by atoms with van der Waals surface area (Å²) in [6.07, 6.45) is -1.86. The van der Waals surface area contributed by atoms with E-state index in [0.29, 0.717) is 5.56 Å². The number of nitrogens with zero attached hydrogens (tertiary/aromatic N) is 1. The largest absolute Gasteiger partial charge is 0.508 e. The van der Waals surface area contributed by atoms with Crippen LogP contribution in [0.2, 0.25) is 0 Å². The fraction of sp³-hybridized carbons (Fsp3) is 0.596. The van der Waals surface area contributed by atoms with E-state index in [1.807, 2.05) is 0 Å². The number of aromatic hydroxyl groups is 1. The van der Waals surface area contributed by atoms with Crippen LogP contribution in [0.1, 0.15) is 73.3 Å². The summed E-state index contributed by atoms with van der Waals surface area (Å²) >= 11 is 1.70. The molecule has 0 aromatic heterocycles. The summed E-state index contributed by atoms with van der Waals surface area (Å²) in [5, 5.41) is 57.3. The van der Waals surface area contributed by atoms with Crippen LogP contribution in [0.4, 0.5) is 0 Å². The average Bonchev–Trinajstić information content (AvgIpc) is 3.68. The number of primary amides is 1. The van der Waals surface area contributed by atoms with Gasteiger partial charge in [0.1, 0.15) is 72.0 Å². The third kappa shape index (κ3) is 31.8. The SMILES string of the molecule is CC[C@H](NC(=O)CNC(=O)CNC(=O)[C@H](C)NC(=O)CN)C(=O)N[C@@H](Cc1ccc(O)cc1)C(=O)N[C@@H](CSCOC(C)=O)C(=O)N[C@@H](CO)C(=O)N[C@H](C(=O)N[C@H](C(=O)N[C@@H](CSCOC(C)=O)C(=O)N[C@@H](CCCN=C(N)N)C(N)=O)[C@@H](C)O)C(C)C. The number of phenols is 1. The monoisotopic (exact) mass is 1300 g/mol. The fourth-order valence-electron chi connectivity index (χ4n) is 7.32. The number of rotatable bonds is 41. The highest BCUT2D eigenvalue weighted by molar-refractivity contribution is 7.99. The van der Waals surface area contributed by atoms with Crippen molar-refractivity contribution in [1.82, 2.24) is 58.5 Å². The number of ether oxygens (including phenoxy) is 2. The summed E-state index contributed by atoms with van der Waals surface area (Å²) in [4.78, 5) is 186. The van der Waals surface area contributed by atoms with E-state index in [4.69, 9.17) is 32.4 Å². The predicted octanol–water partition coefficient (Wildman–Crippen LogP) is -8.01. The number of nitrogens with two attached hydrogens (primary N) is 4. The van der Waals surface area contributed by atoms with Crippen LogP contribution in [0.25, 0.3) is 0 Å². The molecular weight excluding hydrogens is 1220 g/mol. The molecule has 0 aliphatic carbocycles. The highest BCUT2D eigenvalue weighted by Crippen LogP contribution is 2.14. The highest BCUT2D eigenvalue weighted by atomic mass is 32.2. The lowest BCUT2D eigenvalue weighted by atomic mass is 10.0. The van der Waals surface area contributed by atoms with Crippen molar-refractivity contribution in [3.8, 4) is 5.75 Å². The number of benzene rings is 1. The first-order chi connectivity index (χ1) is 41.8. The second kappa shape index (κ2) is 41.6. The molecule has 10 atom stereocenters. The van der Waals surface area contributed by atoms with Crippen molar-refractivity contribution in [2.45, 2.75) is 135 Å². The van der Waals surface area contributed by atoms with Crippen LogP contribution < -0.4 is 81.4 Å². The lowest BCUT2D eigenvalue weighted by Gasteiger charge is -2.29. The van der Waals surface area contributed by atoms with Gasteiger partial charge in [0.15, 0.2) is 5.96 Å². The number of guanidine groups is 1. The summed E-state index contributed by atoms with van der Waals surface area (Å²) in [6, 6.07) is -8.18. The number of amides is 12. The summed E-state index contributed by atoms with van der Waals surface area (Å²) < 4.78 is 9.87. The molecule has 0 radical (unpaired) electrons. The Bertz CT molecular complexity index is 2630. The van der Waals surface area contributed by atoms with Gasteiger partial charge in [-0.15, -0.1) is 23.5 Å². The molecule has 12 amide bonds. The lowest BCUT2D eigenvalue weighted by Crippen LogP contribution is -2.63. The van der Waals surface area contributed by atoms with Gasteiger partial charge in [-0.05, 0) is 56.7 Å². The van der Waals surface area contributed by atoms with E-state index in [2.05, 4.69) is 63.5 Å². The maximum absolute atomic E-state index is 14.3. The molecule has 498 valence electrons.